The summed E-state index contributed by atoms with van der Waals surface area (Å²) in [4.78, 5) is 10.5. The molecule has 2 rings (SSSR count). The average Bonchev–Trinajstić information content (AvgIpc) is 2.44. The molecule has 2 N–H and O–H groups in total. The minimum Gasteiger partial charge on any atom is -0.497 e. The molecule has 0 unspecified atom stereocenters. The summed E-state index contributed by atoms with van der Waals surface area (Å²) in [6, 6.07) is 7.57. The smallest absolute Gasteiger partial charge is 0.227 e. The summed E-state index contributed by atoms with van der Waals surface area (Å²) in [5, 5.41) is 9.35. The molecule has 0 atom stereocenters. The van der Waals surface area contributed by atoms with E-state index in [1.165, 1.54) is 0 Å². The van der Waals surface area contributed by atoms with Crippen LogP contribution in [-0.4, -0.2) is 30.7 Å². The van der Waals surface area contributed by atoms with Gasteiger partial charge in [0, 0.05) is 19.0 Å². The van der Waals surface area contributed by atoms with Gasteiger partial charge in [-0.25, -0.2) is 4.98 Å². The molecule has 0 bridgehead atoms. The van der Waals surface area contributed by atoms with Gasteiger partial charge in [-0.05, 0) is 18.2 Å². The van der Waals surface area contributed by atoms with Crippen molar-refractivity contribution in [1.82, 2.24) is 9.97 Å². The third-order valence-corrected chi connectivity index (χ3v) is 2.82. The number of aromatic nitrogens is 2. The number of methoxy groups -OCH3 is 1. The summed E-state index contributed by atoms with van der Waals surface area (Å²) < 4.78 is 5.15. The van der Waals surface area contributed by atoms with E-state index in [1.54, 1.807) is 7.11 Å². The van der Waals surface area contributed by atoms with Crippen molar-refractivity contribution in [1.29, 1.82) is 5.26 Å². The lowest BCUT2D eigenvalue weighted by Crippen LogP contribution is -2.21. The molecule has 0 aliphatic rings. The lowest BCUT2D eigenvalue weighted by Gasteiger charge is -2.16. The summed E-state index contributed by atoms with van der Waals surface area (Å²) in [7, 11) is 3.43. The van der Waals surface area contributed by atoms with E-state index in [4.69, 9.17) is 15.7 Å². The van der Waals surface area contributed by atoms with Gasteiger partial charge in [-0.15, -0.1) is 0 Å². The predicted octanol–water partition coefficient (Wildman–Crippen LogP) is 1.57. The molecular weight excluding hydrogens is 242 g/mol. The van der Waals surface area contributed by atoms with Crippen LogP contribution >= 0.6 is 0 Å². The van der Waals surface area contributed by atoms with Gasteiger partial charge >= 0.3 is 0 Å². The molecular formula is C13H15N5O. The Morgan fingerprint density at radius 1 is 1.42 bits per heavy atom. The summed E-state index contributed by atoms with van der Waals surface area (Å²) in [5.74, 6) is 1.64. The zero-order valence-corrected chi connectivity index (χ0v) is 10.9. The largest absolute Gasteiger partial charge is 0.497 e. The number of nitriles is 1. The number of hydrogen-bond donors (Lipinski definition) is 1. The minimum absolute atomic E-state index is 0.405. The van der Waals surface area contributed by atoms with E-state index in [2.05, 4.69) is 16.0 Å². The van der Waals surface area contributed by atoms with Crippen LogP contribution in [0, 0.1) is 11.3 Å². The van der Waals surface area contributed by atoms with Crippen molar-refractivity contribution in [3.05, 3.63) is 18.2 Å². The third kappa shape index (κ3) is 2.65. The lowest BCUT2D eigenvalue weighted by atomic mass is 10.2. The van der Waals surface area contributed by atoms with E-state index in [0.717, 1.165) is 10.9 Å². The monoisotopic (exact) mass is 257 g/mol. The van der Waals surface area contributed by atoms with Crippen LogP contribution in [0.15, 0.2) is 18.2 Å². The van der Waals surface area contributed by atoms with Crippen LogP contribution in [-0.2, 0) is 0 Å². The fourth-order valence-corrected chi connectivity index (χ4v) is 1.73. The number of nitrogen functional groups attached to an aromatic ring is 1. The molecule has 0 amide bonds. The fourth-order valence-electron chi connectivity index (χ4n) is 1.73. The number of rotatable bonds is 4. The zero-order valence-electron chi connectivity index (χ0n) is 10.9. The van der Waals surface area contributed by atoms with Crippen molar-refractivity contribution in [3.8, 4) is 11.8 Å². The quantitative estimate of drug-likeness (QED) is 0.894. The first-order chi connectivity index (χ1) is 9.15. The van der Waals surface area contributed by atoms with Gasteiger partial charge in [0.2, 0.25) is 5.95 Å². The van der Waals surface area contributed by atoms with E-state index in [0.29, 0.717) is 30.5 Å². The van der Waals surface area contributed by atoms with Crippen molar-refractivity contribution in [2.24, 2.45) is 0 Å². The number of benzene rings is 1. The highest BCUT2D eigenvalue weighted by atomic mass is 16.5. The SMILES string of the molecule is COc1ccc2nc(N(C)CCC#N)nc(N)c2c1. The van der Waals surface area contributed by atoms with Gasteiger partial charge in [-0.2, -0.15) is 10.2 Å². The first-order valence-electron chi connectivity index (χ1n) is 5.85. The highest BCUT2D eigenvalue weighted by molar-refractivity contribution is 5.90. The van der Waals surface area contributed by atoms with Crippen LogP contribution in [0.1, 0.15) is 6.42 Å². The van der Waals surface area contributed by atoms with Crippen molar-refractivity contribution in [3.63, 3.8) is 0 Å². The summed E-state index contributed by atoms with van der Waals surface area (Å²) in [6.07, 6.45) is 0.417. The van der Waals surface area contributed by atoms with E-state index in [1.807, 2.05) is 30.1 Å². The molecule has 0 aliphatic carbocycles. The van der Waals surface area contributed by atoms with Crippen LogP contribution in [0.4, 0.5) is 11.8 Å². The Morgan fingerprint density at radius 2 is 2.21 bits per heavy atom. The van der Waals surface area contributed by atoms with Crippen LogP contribution in [0.2, 0.25) is 0 Å². The van der Waals surface area contributed by atoms with Gasteiger partial charge in [-0.1, -0.05) is 0 Å². The summed E-state index contributed by atoms with van der Waals surface area (Å²) >= 11 is 0. The average molecular weight is 257 g/mol. The van der Waals surface area contributed by atoms with Gasteiger partial charge in [0.05, 0.1) is 25.1 Å². The van der Waals surface area contributed by atoms with E-state index < -0.39 is 0 Å². The van der Waals surface area contributed by atoms with Crippen molar-refractivity contribution >= 4 is 22.7 Å². The Morgan fingerprint density at radius 3 is 2.89 bits per heavy atom. The summed E-state index contributed by atoms with van der Waals surface area (Å²) in [6.45, 7) is 0.567. The molecule has 6 heteroatoms. The lowest BCUT2D eigenvalue weighted by molar-refractivity contribution is 0.415. The zero-order chi connectivity index (χ0) is 13.8. The Bertz CT molecular complexity index is 635. The first kappa shape index (κ1) is 12.9. The number of nitrogens with zero attached hydrogens (tertiary/aromatic N) is 4. The molecule has 2 aromatic rings. The topological polar surface area (TPSA) is 88.1 Å². The fraction of sp³-hybridized carbons (Fsp3) is 0.308. The number of fused-ring (bicyclic) bond motifs is 1. The molecule has 19 heavy (non-hydrogen) atoms. The normalized spacial score (nSPS) is 10.2. The van der Waals surface area contributed by atoms with Crippen molar-refractivity contribution in [2.45, 2.75) is 6.42 Å². The molecule has 1 heterocycles. The number of ether oxygens (including phenoxy) is 1. The van der Waals surface area contributed by atoms with Gasteiger partial charge in [0.25, 0.3) is 0 Å². The maximum Gasteiger partial charge on any atom is 0.227 e. The Kier molecular flexibility index (Phi) is 3.66. The molecule has 6 nitrogen and oxygen atoms in total. The summed E-state index contributed by atoms with van der Waals surface area (Å²) in [5.41, 5.74) is 6.71. The third-order valence-electron chi connectivity index (χ3n) is 2.82. The minimum atomic E-state index is 0.405. The first-order valence-corrected chi connectivity index (χ1v) is 5.85. The Hall–Kier alpha value is -2.55. The highest BCUT2D eigenvalue weighted by Crippen LogP contribution is 2.25. The molecule has 1 aromatic carbocycles. The standard InChI is InChI=1S/C13H15N5O/c1-18(7-3-6-14)13-16-11-5-4-9(19-2)8-10(11)12(15)17-13/h4-5,8H,3,7H2,1-2H3,(H2,15,16,17). The van der Waals surface area contributed by atoms with E-state index in [-0.39, 0.29) is 0 Å². The Labute approximate surface area is 111 Å². The van der Waals surface area contributed by atoms with E-state index in [9.17, 15) is 0 Å². The van der Waals surface area contributed by atoms with Crippen molar-refractivity contribution < 1.29 is 4.74 Å². The number of hydrogen-bond acceptors (Lipinski definition) is 6. The number of nitrogens with two attached hydrogens (primary N) is 1. The second-order valence-corrected chi connectivity index (χ2v) is 4.12. The van der Waals surface area contributed by atoms with Gasteiger partial charge in [0.1, 0.15) is 11.6 Å². The van der Waals surface area contributed by atoms with Crippen LogP contribution in [0.3, 0.4) is 0 Å². The van der Waals surface area contributed by atoms with Gasteiger partial charge < -0.3 is 15.4 Å². The molecule has 0 spiro atoms. The maximum absolute atomic E-state index is 8.59. The van der Waals surface area contributed by atoms with Crippen LogP contribution in [0.5, 0.6) is 5.75 Å². The van der Waals surface area contributed by atoms with Crippen LogP contribution < -0.4 is 15.4 Å². The molecule has 98 valence electrons. The molecule has 0 saturated carbocycles. The maximum atomic E-state index is 8.59. The molecule has 0 fully saturated rings. The van der Waals surface area contributed by atoms with Gasteiger partial charge in [0.15, 0.2) is 0 Å². The highest BCUT2D eigenvalue weighted by Gasteiger charge is 2.09. The van der Waals surface area contributed by atoms with E-state index >= 15 is 0 Å². The number of anilines is 2. The van der Waals surface area contributed by atoms with Gasteiger partial charge in [-0.3, -0.25) is 0 Å². The Balaban J connectivity index is 2.42. The molecule has 0 radical (unpaired) electrons. The predicted molar refractivity (Wildman–Crippen MR) is 74.0 cm³/mol. The second-order valence-electron chi connectivity index (χ2n) is 4.12. The molecule has 1 aromatic heterocycles. The molecule has 0 aliphatic heterocycles. The van der Waals surface area contributed by atoms with Crippen molar-refractivity contribution in [2.75, 3.05) is 31.3 Å². The second kappa shape index (κ2) is 5.40. The molecule has 0 saturated heterocycles. The van der Waals surface area contributed by atoms with Crippen LogP contribution in [0.25, 0.3) is 10.9 Å².